The summed E-state index contributed by atoms with van der Waals surface area (Å²) in [6.07, 6.45) is 8.96. The number of hydrogen-bond donors (Lipinski definition) is 1. The van der Waals surface area contributed by atoms with Crippen LogP contribution < -0.4 is 0 Å². The largest absolute Gasteiger partial charge is 0.392 e. The Morgan fingerprint density at radius 3 is 2.59 bits per heavy atom. The van der Waals surface area contributed by atoms with Gasteiger partial charge in [-0.3, -0.25) is 4.79 Å². The van der Waals surface area contributed by atoms with Gasteiger partial charge in [-0.05, 0) is 80.5 Å². The molecule has 3 unspecified atom stereocenters. The minimum absolute atomic E-state index is 0.341. The molecule has 0 radical (unpaired) electrons. The van der Waals surface area contributed by atoms with E-state index in [4.69, 9.17) is 0 Å². The van der Waals surface area contributed by atoms with Gasteiger partial charge in [0.25, 0.3) is 0 Å². The lowest BCUT2D eigenvalue weighted by Crippen LogP contribution is -2.58. The molecule has 0 bridgehead atoms. The van der Waals surface area contributed by atoms with Crippen molar-refractivity contribution in [1.29, 1.82) is 0 Å². The quantitative estimate of drug-likeness (QED) is 0.728. The standard InChI is InChI=1S/C20H32O2/c1-12-8-9-19(2)13(10-12)4-5-14-15-6-7-17(21)20(15,3)18(22)11-16(14)19/h12-16,18,22H,4-11H2,1-3H3/t12-,13-,14?,15?,16?,18+,19+,20+/m1/s1. The van der Waals surface area contributed by atoms with E-state index in [1.807, 2.05) is 0 Å². The molecule has 0 spiro atoms. The fourth-order valence-electron chi connectivity index (χ4n) is 7.22. The number of carbonyl (C=O) groups excluding carboxylic acids is 1. The van der Waals surface area contributed by atoms with E-state index in [2.05, 4.69) is 20.8 Å². The summed E-state index contributed by atoms with van der Waals surface area (Å²) in [5, 5.41) is 10.9. The maximum atomic E-state index is 12.5. The van der Waals surface area contributed by atoms with E-state index >= 15 is 0 Å². The van der Waals surface area contributed by atoms with E-state index in [1.165, 1.54) is 32.1 Å². The van der Waals surface area contributed by atoms with E-state index in [0.717, 1.165) is 24.7 Å². The van der Waals surface area contributed by atoms with Gasteiger partial charge in [0, 0.05) is 6.42 Å². The molecule has 4 fully saturated rings. The van der Waals surface area contributed by atoms with Crippen LogP contribution in [0.4, 0.5) is 0 Å². The Balaban J connectivity index is 1.68. The monoisotopic (exact) mass is 304 g/mol. The van der Waals surface area contributed by atoms with Crippen LogP contribution in [0.3, 0.4) is 0 Å². The molecule has 1 N–H and O–H groups in total. The van der Waals surface area contributed by atoms with Crippen molar-refractivity contribution in [2.45, 2.75) is 78.2 Å². The van der Waals surface area contributed by atoms with Crippen molar-refractivity contribution in [3.05, 3.63) is 0 Å². The van der Waals surface area contributed by atoms with Gasteiger partial charge < -0.3 is 5.11 Å². The van der Waals surface area contributed by atoms with Crippen LogP contribution in [-0.2, 0) is 4.79 Å². The predicted octanol–water partition coefficient (Wildman–Crippen LogP) is 4.21. The first-order valence-corrected chi connectivity index (χ1v) is 9.58. The van der Waals surface area contributed by atoms with Crippen molar-refractivity contribution in [3.63, 3.8) is 0 Å². The molecule has 22 heavy (non-hydrogen) atoms. The lowest BCUT2D eigenvalue weighted by molar-refractivity contribution is -0.166. The number of rotatable bonds is 0. The summed E-state index contributed by atoms with van der Waals surface area (Å²) in [6.45, 7) is 7.01. The van der Waals surface area contributed by atoms with Crippen LogP contribution in [0, 0.1) is 40.4 Å². The van der Waals surface area contributed by atoms with Crippen LogP contribution in [0.15, 0.2) is 0 Å². The van der Waals surface area contributed by atoms with Crippen molar-refractivity contribution in [3.8, 4) is 0 Å². The Morgan fingerprint density at radius 2 is 1.82 bits per heavy atom. The number of aliphatic hydroxyl groups is 1. The Hall–Kier alpha value is -0.370. The second-order valence-electron chi connectivity index (χ2n) is 9.53. The van der Waals surface area contributed by atoms with Crippen LogP contribution >= 0.6 is 0 Å². The first-order chi connectivity index (χ1) is 10.4. The van der Waals surface area contributed by atoms with Gasteiger partial charge in [0.05, 0.1) is 11.5 Å². The van der Waals surface area contributed by atoms with Crippen LogP contribution in [0.2, 0.25) is 0 Å². The molecule has 0 amide bonds. The predicted molar refractivity (Wildman–Crippen MR) is 87.3 cm³/mol. The molecule has 4 rings (SSSR count). The third-order valence-electron chi connectivity index (χ3n) is 8.75. The number of hydrogen-bond acceptors (Lipinski definition) is 2. The highest BCUT2D eigenvalue weighted by atomic mass is 16.3. The van der Waals surface area contributed by atoms with Crippen LogP contribution in [0.25, 0.3) is 0 Å². The zero-order valence-corrected chi connectivity index (χ0v) is 14.5. The number of aliphatic hydroxyl groups excluding tert-OH is 1. The summed E-state index contributed by atoms with van der Waals surface area (Å²) < 4.78 is 0. The second-order valence-corrected chi connectivity index (χ2v) is 9.53. The normalized spacial score (nSPS) is 57.9. The van der Waals surface area contributed by atoms with Crippen LogP contribution in [0.5, 0.6) is 0 Å². The molecule has 0 heterocycles. The van der Waals surface area contributed by atoms with Gasteiger partial charge in [-0.15, -0.1) is 0 Å². The SMILES string of the molecule is C[C@@H]1CC[C@]2(C)C3C[C@H](O)[C@]4(C)C(=O)CCC4C3CC[C@@H]2C1. The third kappa shape index (κ3) is 1.79. The van der Waals surface area contributed by atoms with E-state index in [0.29, 0.717) is 35.4 Å². The van der Waals surface area contributed by atoms with Crippen LogP contribution in [0.1, 0.15) is 72.1 Å². The smallest absolute Gasteiger partial charge is 0.141 e. The number of fused-ring (bicyclic) bond motifs is 5. The summed E-state index contributed by atoms with van der Waals surface area (Å²) in [6, 6.07) is 0. The summed E-state index contributed by atoms with van der Waals surface area (Å²) in [5.74, 6) is 3.86. The minimum atomic E-state index is -0.424. The highest BCUT2D eigenvalue weighted by Gasteiger charge is 2.63. The first-order valence-electron chi connectivity index (χ1n) is 9.58. The molecule has 0 aliphatic heterocycles. The van der Waals surface area contributed by atoms with Crippen molar-refractivity contribution < 1.29 is 9.90 Å². The molecular weight excluding hydrogens is 272 g/mol. The number of ketones is 1. The van der Waals surface area contributed by atoms with E-state index in [9.17, 15) is 9.90 Å². The Bertz CT molecular complexity index is 486. The molecule has 0 aromatic carbocycles. The molecule has 4 aliphatic rings. The molecule has 0 saturated heterocycles. The van der Waals surface area contributed by atoms with E-state index in [1.54, 1.807) is 0 Å². The summed E-state index contributed by atoms with van der Waals surface area (Å²) in [4.78, 5) is 12.5. The van der Waals surface area contributed by atoms with Crippen molar-refractivity contribution >= 4 is 5.78 Å². The zero-order valence-electron chi connectivity index (χ0n) is 14.5. The number of carbonyl (C=O) groups is 1. The molecule has 2 nitrogen and oxygen atoms in total. The van der Waals surface area contributed by atoms with Gasteiger partial charge in [0.15, 0.2) is 0 Å². The summed E-state index contributed by atoms with van der Waals surface area (Å²) in [5.41, 5.74) is -0.00427. The average molecular weight is 304 g/mol. The third-order valence-corrected chi connectivity index (χ3v) is 8.75. The van der Waals surface area contributed by atoms with Gasteiger partial charge in [0.1, 0.15) is 5.78 Å². The molecule has 4 saturated carbocycles. The lowest BCUT2D eigenvalue weighted by Gasteiger charge is -2.61. The minimum Gasteiger partial charge on any atom is -0.392 e. The molecular formula is C20H32O2. The molecule has 4 aliphatic carbocycles. The highest BCUT2D eigenvalue weighted by Crippen LogP contribution is 2.65. The van der Waals surface area contributed by atoms with E-state index < -0.39 is 11.5 Å². The van der Waals surface area contributed by atoms with Crippen LogP contribution in [-0.4, -0.2) is 17.0 Å². The summed E-state index contributed by atoms with van der Waals surface area (Å²) in [7, 11) is 0. The molecule has 0 aromatic rings. The Labute approximate surface area is 135 Å². The zero-order chi connectivity index (χ0) is 15.7. The topological polar surface area (TPSA) is 37.3 Å². The van der Waals surface area contributed by atoms with Gasteiger partial charge in [-0.1, -0.05) is 20.3 Å². The maximum Gasteiger partial charge on any atom is 0.141 e. The van der Waals surface area contributed by atoms with Gasteiger partial charge in [0.2, 0.25) is 0 Å². The average Bonchev–Trinajstić information content (AvgIpc) is 2.79. The number of Topliss-reactive ketones (excluding diaryl/α,β-unsaturated/α-hetero) is 1. The van der Waals surface area contributed by atoms with Crippen molar-refractivity contribution in [2.75, 3.05) is 0 Å². The fourth-order valence-corrected chi connectivity index (χ4v) is 7.22. The maximum absolute atomic E-state index is 12.5. The molecule has 0 aromatic heterocycles. The second kappa shape index (κ2) is 4.82. The van der Waals surface area contributed by atoms with E-state index in [-0.39, 0.29) is 0 Å². The Kier molecular flexibility index (Phi) is 3.32. The Morgan fingerprint density at radius 1 is 1.05 bits per heavy atom. The fraction of sp³-hybridized carbons (Fsp3) is 0.950. The van der Waals surface area contributed by atoms with Gasteiger partial charge in [-0.2, -0.15) is 0 Å². The van der Waals surface area contributed by atoms with Gasteiger partial charge >= 0.3 is 0 Å². The van der Waals surface area contributed by atoms with Gasteiger partial charge in [-0.25, -0.2) is 0 Å². The van der Waals surface area contributed by atoms with Crippen molar-refractivity contribution in [2.24, 2.45) is 40.4 Å². The molecule has 2 heteroatoms. The molecule has 124 valence electrons. The van der Waals surface area contributed by atoms with Crippen molar-refractivity contribution in [1.82, 2.24) is 0 Å². The first kappa shape index (κ1) is 15.2. The highest BCUT2D eigenvalue weighted by molar-refractivity contribution is 5.87. The lowest BCUT2D eigenvalue weighted by atomic mass is 9.44. The summed E-state index contributed by atoms with van der Waals surface area (Å²) >= 11 is 0. The molecule has 8 atom stereocenters.